The fourth-order valence-electron chi connectivity index (χ4n) is 5.57. The van der Waals surface area contributed by atoms with Gasteiger partial charge in [0.15, 0.2) is 5.82 Å². The van der Waals surface area contributed by atoms with Gasteiger partial charge in [-0.25, -0.2) is 15.0 Å². The number of nitrogens with two attached hydrogens (primary N) is 1. The van der Waals surface area contributed by atoms with Gasteiger partial charge in [-0.15, -0.1) is 0 Å². The Bertz CT molecular complexity index is 1550. The van der Waals surface area contributed by atoms with E-state index in [4.69, 9.17) is 15.7 Å². The second-order valence-electron chi connectivity index (χ2n) is 9.87. The number of H-pyrrole nitrogens is 1. The molecule has 170 valence electrons. The predicted octanol–water partition coefficient (Wildman–Crippen LogP) is 4.91. The summed E-state index contributed by atoms with van der Waals surface area (Å²) in [5.74, 6) is 2.25. The molecule has 0 bridgehead atoms. The lowest BCUT2D eigenvalue weighted by Gasteiger charge is -2.40. The van der Waals surface area contributed by atoms with Crippen molar-refractivity contribution in [1.82, 2.24) is 24.9 Å². The van der Waals surface area contributed by atoms with Crippen molar-refractivity contribution in [2.24, 2.45) is 5.73 Å². The first-order valence-corrected chi connectivity index (χ1v) is 12.2. The zero-order chi connectivity index (χ0) is 22.8. The number of anilines is 1. The lowest BCUT2D eigenvalue weighted by Crippen LogP contribution is -2.49. The van der Waals surface area contributed by atoms with E-state index in [1.807, 2.05) is 30.7 Å². The Balaban J connectivity index is 1.49. The highest BCUT2D eigenvalue weighted by atomic mass is 15.2. The van der Waals surface area contributed by atoms with Crippen molar-refractivity contribution in [3.05, 3.63) is 54.5 Å². The minimum Gasteiger partial charge on any atom is -0.356 e. The molecule has 0 amide bonds. The van der Waals surface area contributed by atoms with Crippen molar-refractivity contribution in [3.8, 4) is 11.4 Å². The Hall–Kier alpha value is -3.58. The SMILES string of the molecule is CN(c1nc(-c2ccnc3[nH]c4ccccc4c23)nc2cncc(C3CCC3)c12)C1CC(N)C1. The number of nitrogens with one attached hydrogen (secondary N) is 1. The van der Waals surface area contributed by atoms with Gasteiger partial charge in [0.2, 0.25) is 0 Å². The summed E-state index contributed by atoms with van der Waals surface area (Å²) in [4.78, 5) is 25.3. The van der Waals surface area contributed by atoms with E-state index in [0.717, 1.165) is 57.1 Å². The number of pyridine rings is 2. The molecule has 2 fully saturated rings. The molecule has 0 saturated heterocycles. The highest BCUT2D eigenvalue weighted by molar-refractivity contribution is 6.12. The van der Waals surface area contributed by atoms with Gasteiger partial charge in [0.25, 0.3) is 0 Å². The number of nitrogens with zero attached hydrogens (tertiary/aromatic N) is 5. The topological polar surface area (TPSA) is 96.6 Å². The average molecular weight is 450 g/mol. The molecular formula is C27H27N7. The second kappa shape index (κ2) is 7.46. The van der Waals surface area contributed by atoms with Crippen LogP contribution in [0.25, 0.3) is 44.2 Å². The van der Waals surface area contributed by atoms with Crippen LogP contribution in [0, 0.1) is 0 Å². The molecule has 4 aromatic heterocycles. The van der Waals surface area contributed by atoms with Gasteiger partial charge in [0.05, 0.1) is 11.7 Å². The molecule has 0 spiro atoms. The van der Waals surface area contributed by atoms with Crippen molar-refractivity contribution in [2.45, 2.75) is 50.1 Å². The van der Waals surface area contributed by atoms with Crippen molar-refractivity contribution in [3.63, 3.8) is 0 Å². The standard InChI is InChI=1S/C27H27N7/c1-34(17-11-16(28)12-17)27-24-20(15-5-4-6-15)13-29-14-22(24)32-25(33-27)19-9-10-30-26-23(19)18-7-2-3-8-21(18)31-26/h2-3,7-10,13-17H,4-6,11-12,28H2,1H3,(H,30,31). The minimum atomic E-state index is 0.277. The third-order valence-electron chi connectivity index (χ3n) is 7.83. The van der Waals surface area contributed by atoms with Crippen LogP contribution in [-0.2, 0) is 0 Å². The van der Waals surface area contributed by atoms with Gasteiger partial charge in [0, 0.05) is 58.8 Å². The third kappa shape index (κ3) is 2.93. The molecule has 0 radical (unpaired) electrons. The lowest BCUT2D eigenvalue weighted by molar-refractivity contribution is 0.339. The highest BCUT2D eigenvalue weighted by Gasteiger charge is 2.33. The molecule has 0 aliphatic heterocycles. The summed E-state index contributed by atoms with van der Waals surface area (Å²) in [6, 6.07) is 11.0. The van der Waals surface area contributed by atoms with Gasteiger partial charge in [-0.05, 0) is 49.3 Å². The quantitative estimate of drug-likeness (QED) is 0.404. The first-order chi connectivity index (χ1) is 16.7. The molecule has 5 aromatic rings. The molecule has 1 aromatic carbocycles. The van der Waals surface area contributed by atoms with E-state index in [-0.39, 0.29) is 6.04 Å². The van der Waals surface area contributed by atoms with Crippen LogP contribution in [0.4, 0.5) is 5.82 Å². The number of hydrogen-bond donors (Lipinski definition) is 2. The van der Waals surface area contributed by atoms with Gasteiger partial charge in [-0.2, -0.15) is 0 Å². The summed E-state index contributed by atoms with van der Waals surface area (Å²) in [7, 11) is 2.15. The maximum atomic E-state index is 6.15. The predicted molar refractivity (Wildman–Crippen MR) is 136 cm³/mol. The maximum absolute atomic E-state index is 6.15. The summed E-state index contributed by atoms with van der Waals surface area (Å²) in [6.45, 7) is 0. The summed E-state index contributed by atoms with van der Waals surface area (Å²) >= 11 is 0. The molecule has 4 heterocycles. The molecule has 2 saturated carbocycles. The largest absolute Gasteiger partial charge is 0.356 e. The number of hydrogen-bond acceptors (Lipinski definition) is 6. The molecule has 7 rings (SSSR count). The zero-order valence-corrected chi connectivity index (χ0v) is 19.2. The molecule has 2 aliphatic rings. The van der Waals surface area contributed by atoms with Crippen molar-refractivity contribution in [2.75, 3.05) is 11.9 Å². The normalized spacial score (nSPS) is 20.5. The molecule has 2 aliphatic carbocycles. The number of aromatic nitrogens is 5. The smallest absolute Gasteiger partial charge is 0.163 e. The lowest BCUT2D eigenvalue weighted by atomic mass is 9.79. The van der Waals surface area contributed by atoms with E-state index in [1.54, 1.807) is 0 Å². The molecule has 7 nitrogen and oxygen atoms in total. The molecular weight excluding hydrogens is 422 g/mol. The number of para-hydroxylation sites is 1. The van der Waals surface area contributed by atoms with Crippen LogP contribution in [0.3, 0.4) is 0 Å². The zero-order valence-electron chi connectivity index (χ0n) is 19.2. The third-order valence-corrected chi connectivity index (χ3v) is 7.83. The van der Waals surface area contributed by atoms with Gasteiger partial charge < -0.3 is 15.6 Å². The van der Waals surface area contributed by atoms with Gasteiger partial charge in [-0.3, -0.25) is 4.98 Å². The van der Waals surface area contributed by atoms with E-state index in [0.29, 0.717) is 17.8 Å². The van der Waals surface area contributed by atoms with E-state index in [1.165, 1.54) is 24.8 Å². The first kappa shape index (κ1) is 19.9. The van der Waals surface area contributed by atoms with Crippen LogP contribution in [0.1, 0.15) is 43.6 Å². The minimum absolute atomic E-state index is 0.277. The Morgan fingerprint density at radius 1 is 1.03 bits per heavy atom. The molecule has 0 unspecified atom stereocenters. The van der Waals surface area contributed by atoms with E-state index in [2.05, 4.69) is 45.1 Å². The first-order valence-electron chi connectivity index (χ1n) is 12.2. The average Bonchev–Trinajstić information content (AvgIpc) is 3.19. The van der Waals surface area contributed by atoms with E-state index >= 15 is 0 Å². The Kier molecular flexibility index (Phi) is 4.36. The highest BCUT2D eigenvalue weighted by Crippen LogP contribution is 2.43. The number of rotatable bonds is 4. The van der Waals surface area contributed by atoms with Crippen molar-refractivity contribution in [1.29, 1.82) is 0 Å². The number of fused-ring (bicyclic) bond motifs is 4. The van der Waals surface area contributed by atoms with Crippen LogP contribution in [0.2, 0.25) is 0 Å². The van der Waals surface area contributed by atoms with Crippen molar-refractivity contribution < 1.29 is 0 Å². The monoisotopic (exact) mass is 449 g/mol. The van der Waals surface area contributed by atoms with Crippen LogP contribution < -0.4 is 10.6 Å². The van der Waals surface area contributed by atoms with Crippen LogP contribution in [-0.4, -0.2) is 44.1 Å². The molecule has 3 N–H and O–H groups in total. The summed E-state index contributed by atoms with van der Waals surface area (Å²) in [6.07, 6.45) is 11.4. The van der Waals surface area contributed by atoms with Crippen molar-refractivity contribution >= 4 is 38.7 Å². The Labute approximate surface area is 197 Å². The number of aromatic amines is 1. The fourth-order valence-corrected chi connectivity index (χ4v) is 5.57. The van der Waals surface area contributed by atoms with Gasteiger partial charge in [-0.1, -0.05) is 24.6 Å². The molecule has 7 heteroatoms. The summed E-state index contributed by atoms with van der Waals surface area (Å²) in [5, 5.41) is 3.33. The molecule has 0 atom stereocenters. The maximum Gasteiger partial charge on any atom is 0.163 e. The Morgan fingerprint density at radius 3 is 2.68 bits per heavy atom. The second-order valence-corrected chi connectivity index (χ2v) is 9.87. The fraction of sp³-hybridized carbons (Fsp3) is 0.333. The van der Waals surface area contributed by atoms with Gasteiger partial charge >= 0.3 is 0 Å². The van der Waals surface area contributed by atoms with Gasteiger partial charge in [0.1, 0.15) is 11.5 Å². The Morgan fingerprint density at radius 2 is 1.88 bits per heavy atom. The summed E-state index contributed by atoms with van der Waals surface area (Å²) in [5.41, 5.74) is 11.2. The number of benzene rings is 1. The van der Waals surface area contributed by atoms with Crippen LogP contribution >= 0.6 is 0 Å². The van der Waals surface area contributed by atoms with Crippen LogP contribution in [0.5, 0.6) is 0 Å². The van der Waals surface area contributed by atoms with E-state index < -0.39 is 0 Å². The summed E-state index contributed by atoms with van der Waals surface area (Å²) < 4.78 is 0. The van der Waals surface area contributed by atoms with Crippen LogP contribution in [0.15, 0.2) is 48.9 Å². The van der Waals surface area contributed by atoms with E-state index in [9.17, 15) is 0 Å². The molecule has 34 heavy (non-hydrogen) atoms.